The highest BCUT2D eigenvalue weighted by Gasteiger charge is 2.21. The predicted octanol–water partition coefficient (Wildman–Crippen LogP) is 2.01. The number of fused-ring (bicyclic) bond motifs is 1. The number of hydrogen-bond donors (Lipinski definition) is 2. The first kappa shape index (κ1) is 20.0. The van der Waals surface area contributed by atoms with Crippen LogP contribution in [0.1, 0.15) is 16.8 Å². The molecule has 3 rings (SSSR count). The summed E-state index contributed by atoms with van der Waals surface area (Å²) in [7, 11) is -3.70. The van der Waals surface area contributed by atoms with E-state index in [9.17, 15) is 18.0 Å². The summed E-state index contributed by atoms with van der Waals surface area (Å²) in [6, 6.07) is 8.57. The van der Waals surface area contributed by atoms with Crippen molar-refractivity contribution < 1.29 is 27.5 Å². The van der Waals surface area contributed by atoms with Gasteiger partial charge in [0.2, 0.25) is 11.8 Å². The van der Waals surface area contributed by atoms with Gasteiger partial charge in [-0.1, -0.05) is 11.6 Å². The van der Waals surface area contributed by atoms with Gasteiger partial charge in [0.15, 0.2) is 21.3 Å². The van der Waals surface area contributed by atoms with Gasteiger partial charge in [-0.3, -0.25) is 9.59 Å². The minimum atomic E-state index is -3.70. The molecule has 8 nitrogen and oxygen atoms in total. The van der Waals surface area contributed by atoms with Crippen LogP contribution in [0.3, 0.4) is 0 Å². The Hall–Kier alpha value is -2.78. The molecule has 1 aliphatic heterocycles. The van der Waals surface area contributed by atoms with Gasteiger partial charge in [-0.25, -0.2) is 8.42 Å². The van der Waals surface area contributed by atoms with Crippen molar-refractivity contribution in [2.45, 2.75) is 11.3 Å². The smallest absolute Gasteiger partial charge is 0.250 e. The minimum Gasteiger partial charge on any atom is -0.486 e. The third kappa shape index (κ3) is 4.55. The zero-order valence-corrected chi connectivity index (χ0v) is 16.2. The minimum absolute atomic E-state index is 0.0482. The standard InChI is InChI=1S/C18H17ClN2O6S/c19-14-3-1-11(9-13(14)18(20)23)21-17(22)5-8-28(24,25)12-2-4-15-16(10-12)27-7-6-26-15/h1-4,9-10H,5-8H2,(H2,20,23)(H,21,22). The van der Waals surface area contributed by atoms with Crippen molar-refractivity contribution in [1.29, 1.82) is 0 Å². The average molecular weight is 425 g/mol. The van der Waals surface area contributed by atoms with Gasteiger partial charge in [0, 0.05) is 18.2 Å². The highest BCUT2D eigenvalue weighted by Crippen LogP contribution is 2.32. The molecule has 28 heavy (non-hydrogen) atoms. The van der Waals surface area contributed by atoms with Crippen molar-refractivity contribution in [2.24, 2.45) is 5.73 Å². The van der Waals surface area contributed by atoms with Crippen molar-refractivity contribution in [1.82, 2.24) is 0 Å². The second-order valence-electron chi connectivity index (χ2n) is 5.98. The Morgan fingerprint density at radius 3 is 2.50 bits per heavy atom. The van der Waals surface area contributed by atoms with Gasteiger partial charge in [-0.2, -0.15) is 0 Å². The fourth-order valence-corrected chi connectivity index (χ4v) is 4.04. The Morgan fingerprint density at radius 2 is 1.79 bits per heavy atom. The molecule has 10 heteroatoms. The van der Waals surface area contributed by atoms with Crippen LogP contribution in [0.4, 0.5) is 5.69 Å². The van der Waals surface area contributed by atoms with Gasteiger partial charge in [0.1, 0.15) is 13.2 Å². The summed E-state index contributed by atoms with van der Waals surface area (Å²) in [5.41, 5.74) is 5.56. The molecular formula is C18H17ClN2O6S. The van der Waals surface area contributed by atoms with Crippen LogP contribution < -0.4 is 20.5 Å². The Balaban J connectivity index is 1.65. The molecule has 2 aromatic carbocycles. The molecule has 0 saturated carbocycles. The molecule has 0 radical (unpaired) electrons. The van der Waals surface area contributed by atoms with Gasteiger partial charge in [0.25, 0.3) is 0 Å². The van der Waals surface area contributed by atoms with Crippen molar-refractivity contribution >= 4 is 38.9 Å². The van der Waals surface area contributed by atoms with Crippen LogP contribution in [0.15, 0.2) is 41.3 Å². The maximum absolute atomic E-state index is 12.5. The van der Waals surface area contributed by atoms with Crippen LogP contribution in [-0.4, -0.2) is 39.2 Å². The van der Waals surface area contributed by atoms with E-state index in [2.05, 4.69) is 5.32 Å². The van der Waals surface area contributed by atoms with E-state index in [1.165, 1.54) is 36.4 Å². The lowest BCUT2D eigenvalue weighted by molar-refractivity contribution is -0.115. The summed E-state index contributed by atoms with van der Waals surface area (Å²) in [6.07, 6.45) is -0.273. The van der Waals surface area contributed by atoms with E-state index in [4.69, 9.17) is 26.8 Å². The van der Waals surface area contributed by atoms with Crippen LogP contribution in [-0.2, 0) is 14.6 Å². The largest absolute Gasteiger partial charge is 0.486 e. The second kappa shape index (κ2) is 8.07. The Morgan fingerprint density at radius 1 is 1.07 bits per heavy atom. The number of halogens is 1. The highest BCUT2D eigenvalue weighted by atomic mass is 35.5. The van der Waals surface area contributed by atoms with E-state index in [1.54, 1.807) is 0 Å². The fourth-order valence-electron chi connectivity index (χ4n) is 2.58. The zero-order chi connectivity index (χ0) is 20.3. The Labute approximate surface area is 166 Å². The molecule has 0 unspecified atom stereocenters. The predicted molar refractivity (Wildman–Crippen MR) is 103 cm³/mol. The number of carbonyl (C=O) groups is 2. The van der Waals surface area contributed by atoms with Crippen LogP contribution >= 0.6 is 11.6 Å². The Bertz CT molecular complexity index is 1040. The maximum atomic E-state index is 12.5. The normalized spacial score (nSPS) is 13.0. The monoisotopic (exact) mass is 424 g/mol. The molecule has 0 fully saturated rings. The number of benzene rings is 2. The fraction of sp³-hybridized carbons (Fsp3) is 0.222. The SMILES string of the molecule is NC(=O)c1cc(NC(=O)CCS(=O)(=O)c2ccc3c(c2)OCCO3)ccc1Cl. The van der Waals surface area contributed by atoms with Gasteiger partial charge in [-0.15, -0.1) is 0 Å². The van der Waals surface area contributed by atoms with Gasteiger partial charge in [0.05, 0.1) is 21.2 Å². The number of primary amides is 1. The summed E-state index contributed by atoms with van der Waals surface area (Å²) in [5.74, 6) is -0.816. The number of nitrogens with two attached hydrogens (primary N) is 1. The van der Waals surface area contributed by atoms with E-state index in [-0.39, 0.29) is 21.9 Å². The lowest BCUT2D eigenvalue weighted by Crippen LogP contribution is -2.19. The summed E-state index contributed by atoms with van der Waals surface area (Å²) in [6.45, 7) is 0.745. The van der Waals surface area contributed by atoms with Crippen LogP contribution in [0.5, 0.6) is 11.5 Å². The summed E-state index contributed by atoms with van der Waals surface area (Å²) >= 11 is 5.86. The third-order valence-electron chi connectivity index (χ3n) is 3.99. The molecule has 148 valence electrons. The number of anilines is 1. The molecule has 0 aromatic heterocycles. The third-order valence-corrected chi connectivity index (χ3v) is 6.03. The number of ether oxygens (including phenoxy) is 2. The van der Waals surface area contributed by atoms with E-state index >= 15 is 0 Å². The van der Waals surface area contributed by atoms with Crippen molar-refractivity contribution in [3.05, 3.63) is 47.0 Å². The van der Waals surface area contributed by atoms with E-state index in [0.717, 1.165) is 0 Å². The van der Waals surface area contributed by atoms with Gasteiger partial charge >= 0.3 is 0 Å². The Kier molecular flexibility index (Phi) is 5.76. The number of carbonyl (C=O) groups excluding carboxylic acids is 2. The lowest BCUT2D eigenvalue weighted by atomic mass is 10.2. The van der Waals surface area contributed by atoms with Crippen molar-refractivity contribution in [3.63, 3.8) is 0 Å². The molecule has 0 bridgehead atoms. The topological polar surface area (TPSA) is 125 Å². The van der Waals surface area contributed by atoms with Crippen LogP contribution in [0.25, 0.3) is 0 Å². The summed E-state index contributed by atoms with van der Waals surface area (Å²) < 4.78 is 35.8. The number of nitrogens with one attached hydrogen (secondary N) is 1. The van der Waals surface area contributed by atoms with Crippen molar-refractivity contribution in [2.75, 3.05) is 24.3 Å². The molecule has 2 aromatic rings. The number of amides is 2. The molecule has 0 saturated heterocycles. The first-order chi connectivity index (χ1) is 13.3. The first-order valence-electron chi connectivity index (χ1n) is 8.28. The highest BCUT2D eigenvalue weighted by molar-refractivity contribution is 7.91. The zero-order valence-electron chi connectivity index (χ0n) is 14.6. The first-order valence-corrected chi connectivity index (χ1v) is 10.3. The average Bonchev–Trinajstić information content (AvgIpc) is 2.67. The second-order valence-corrected chi connectivity index (χ2v) is 8.50. The molecular weight excluding hydrogens is 408 g/mol. The van der Waals surface area contributed by atoms with Gasteiger partial charge < -0.3 is 20.5 Å². The number of rotatable bonds is 6. The van der Waals surface area contributed by atoms with Crippen molar-refractivity contribution in [3.8, 4) is 11.5 Å². The van der Waals surface area contributed by atoms with E-state index in [1.807, 2.05) is 0 Å². The molecule has 1 aliphatic rings. The maximum Gasteiger partial charge on any atom is 0.250 e. The number of sulfone groups is 1. The van der Waals surface area contributed by atoms with Crippen LogP contribution in [0.2, 0.25) is 5.02 Å². The van der Waals surface area contributed by atoms with Gasteiger partial charge in [-0.05, 0) is 30.3 Å². The van der Waals surface area contributed by atoms with E-state index < -0.39 is 27.4 Å². The lowest BCUT2D eigenvalue weighted by Gasteiger charge is -2.18. The molecule has 2 amide bonds. The van der Waals surface area contributed by atoms with Crippen LogP contribution in [0, 0.1) is 0 Å². The molecule has 0 spiro atoms. The van der Waals surface area contributed by atoms with E-state index in [0.29, 0.717) is 30.4 Å². The quantitative estimate of drug-likeness (QED) is 0.730. The molecule has 0 aliphatic carbocycles. The summed E-state index contributed by atoms with van der Waals surface area (Å²) in [5, 5.41) is 2.68. The molecule has 3 N–H and O–H groups in total. The summed E-state index contributed by atoms with van der Waals surface area (Å²) in [4.78, 5) is 23.5. The molecule has 0 atom stereocenters. The molecule has 1 heterocycles. The number of hydrogen-bond acceptors (Lipinski definition) is 6.